The van der Waals surface area contributed by atoms with Gasteiger partial charge in [0.2, 0.25) is 10.0 Å². The van der Waals surface area contributed by atoms with Crippen molar-refractivity contribution >= 4 is 54.0 Å². The number of sulfonamides is 2. The third-order valence-corrected chi connectivity index (χ3v) is 19.1. The zero-order valence-electron chi connectivity index (χ0n) is 43.9. The number of fused-ring (bicyclic) bond motifs is 2. The summed E-state index contributed by atoms with van der Waals surface area (Å²) in [6.45, 7) is 9.18. The second kappa shape index (κ2) is 21.3. The predicted molar refractivity (Wildman–Crippen MR) is 286 cm³/mol. The number of piperidine rings is 1. The van der Waals surface area contributed by atoms with E-state index in [0.717, 1.165) is 49.6 Å². The molecule has 2 saturated carbocycles. The molecule has 4 N–H and O–H groups in total. The third kappa shape index (κ3) is 11.3. The second-order valence-corrected chi connectivity index (χ2v) is 25.7. The first-order chi connectivity index (χ1) is 36.6. The number of carbonyl (C=O) groups is 1. The van der Waals surface area contributed by atoms with Crippen molar-refractivity contribution in [1.29, 1.82) is 0 Å². The Morgan fingerprint density at radius 2 is 1.74 bits per heavy atom. The molecule has 0 radical (unpaired) electrons. The second-order valence-electron chi connectivity index (χ2n) is 22.1. The van der Waals surface area contributed by atoms with Gasteiger partial charge in [0.05, 0.1) is 45.3 Å². The average molecular weight is 1100 g/mol. The van der Waals surface area contributed by atoms with Crippen LogP contribution < -0.4 is 29.1 Å². The molecule has 10 rings (SSSR count). The number of carbonyl (C=O) groups excluding carboxylic acids is 1. The number of hydrogen-bond donors (Lipinski definition) is 4. The van der Waals surface area contributed by atoms with Crippen LogP contribution in [0.1, 0.15) is 106 Å². The van der Waals surface area contributed by atoms with Gasteiger partial charge in [-0.25, -0.2) is 25.9 Å². The molecule has 2 aromatic heterocycles. The van der Waals surface area contributed by atoms with E-state index in [2.05, 4.69) is 55.8 Å². The molecule has 1 amide bonds. The van der Waals surface area contributed by atoms with Gasteiger partial charge < -0.3 is 39.3 Å². The topological polar surface area (TPSA) is 248 Å². The first-order valence-corrected chi connectivity index (χ1v) is 29.6. The summed E-state index contributed by atoms with van der Waals surface area (Å²) in [5, 5.41) is 26.3. The Morgan fingerprint density at radius 1 is 1.00 bits per heavy atom. The Hall–Kier alpha value is -6.11. The summed E-state index contributed by atoms with van der Waals surface area (Å²) in [4.78, 5) is 37.5. The normalized spacial score (nSPS) is 23.2. The minimum absolute atomic E-state index is 0.0238. The quantitative estimate of drug-likeness (QED) is 0.0417. The van der Waals surface area contributed by atoms with E-state index in [1.807, 2.05) is 12.1 Å². The number of nitro benzene ring substituents is 1. The molecule has 3 aromatic carbocycles. The lowest BCUT2D eigenvalue weighted by molar-refractivity contribution is -0.384. The molecule has 2 atom stereocenters. The number of nitro groups is 1. The lowest BCUT2D eigenvalue weighted by Crippen LogP contribution is -2.60. The van der Waals surface area contributed by atoms with Gasteiger partial charge in [0.25, 0.3) is 27.5 Å². The molecule has 5 aromatic rings. The molecule has 77 heavy (non-hydrogen) atoms. The fourth-order valence-corrected chi connectivity index (χ4v) is 13.9. The van der Waals surface area contributed by atoms with Crippen LogP contribution in [0.5, 0.6) is 23.1 Å². The minimum Gasteiger partial charge on any atom is -0.489 e. The largest absolute Gasteiger partial charge is 0.489 e. The molecular weight excluding hydrogens is 1040 g/mol. The Kier molecular flexibility index (Phi) is 15.0. The standard InChI is InChI=1S/C54H67FN8O12S2/c1-33(2)38-8-6-7-9-39(38)45-31-61(76(5,68)69)20-21-62(45)36-28-54(29-36)16-18-60(19-17-54)35-10-11-40(46(24-35)75-48-27-41-42(55)30-56-50(41)58-52(48)73-23-22-72-4)51(64)59-77(70,71)37-25-44(63(66)67)49-47(26-37)74-32-43(57-49)34-12-14-53(3,65)15-13-34/h6-11,24-27,30,33-34,36,43,45,57,65H,12-23,28-29,31-32H2,1-5H3,(H,56,58)(H,59,64)/t34?,43-,45+,53?/m1/s1. The maximum Gasteiger partial charge on any atom is 0.297 e. The van der Waals surface area contributed by atoms with E-state index < -0.39 is 52.9 Å². The first-order valence-electron chi connectivity index (χ1n) is 26.3. The van der Waals surface area contributed by atoms with Crippen molar-refractivity contribution in [3.63, 3.8) is 0 Å². The van der Waals surface area contributed by atoms with Crippen LogP contribution in [0, 0.1) is 27.3 Å². The van der Waals surface area contributed by atoms with E-state index in [9.17, 15) is 36.9 Å². The highest BCUT2D eigenvalue weighted by atomic mass is 32.2. The number of halogens is 1. The highest BCUT2D eigenvalue weighted by molar-refractivity contribution is 7.90. The van der Waals surface area contributed by atoms with E-state index in [1.54, 1.807) is 23.4 Å². The molecule has 5 aliphatic rings. The maximum absolute atomic E-state index is 15.1. The van der Waals surface area contributed by atoms with Crippen molar-refractivity contribution in [3.05, 3.63) is 99.5 Å². The number of amides is 1. The van der Waals surface area contributed by atoms with Gasteiger partial charge in [-0.3, -0.25) is 19.8 Å². The van der Waals surface area contributed by atoms with E-state index in [0.29, 0.717) is 64.1 Å². The molecule has 0 bridgehead atoms. The van der Waals surface area contributed by atoms with Crippen LogP contribution in [0.3, 0.4) is 0 Å². The van der Waals surface area contributed by atoms with Crippen LogP contribution in [0.2, 0.25) is 0 Å². The number of ether oxygens (including phenoxy) is 4. The number of H-pyrrole nitrogens is 1. The van der Waals surface area contributed by atoms with Crippen LogP contribution in [0.4, 0.5) is 21.5 Å². The number of methoxy groups -OCH3 is 1. The zero-order valence-corrected chi connectivity index (χ0v) is 45.6. The van der Waals surface area contributed by atoms with Gasteiger partial charge in [0, 0.05) is 88.1 Å². The number of nitrogens with zero attached hydrogens (tertiary/aromatic N) is 5. The molecule has 4 fully saturated rings. The molecule has 2 aliphatic carbocycles. The Bertz CT molecular complexity index is 3280. The van der Waals surface area contributed by atoms with E-state index in [4.69, 9.17) is 18.9 Å². The number of rotatable bonds is 16. The maximum atomic E-state index is 15.1. The van der Waals surface area contributed by atoms with Gasteiger partial charge >= 0.3 is 0 Å². The van der Waals surface area contributed by atoms with Crippen molar-refractivity contribution in [2.24, 2.45) is 11.3 Å². The fourth-order valence-electron chi connectivity index (χ4n) is 12.1. The molecule has 0 unspecified atom stereocenters. The molecule has 5 heterocycles. The highest BCUT2D eigenvalue weighted by Gasteiger charge is 2.51. The average Bonchev–Trinajstić information content (AvgIpc) is 3.82. The summed E-state index contributed by atoms with van der Waals surface area (Å²) in [5.41, 5.74) is 1.74. The number of aromatic nitrogens is 2. The Morgan fingerprint density at radius 3 is 2.44 bits per heavy atom. The van der Waals surface area contributed by atoms with Gasteiger partial charge in [-0.1, -0.05) is 38.1 Å². The summed E-state index contributed by atoms with van der Waals surface area (Å²) in [7, 11) is -6.71. The molecule has 2 saturated heterocycles. The van der Waals surface area contributed by atoms with Crippen molar-refractivity contribution in [2.45, 2.75) is 107 Å². The Labute approximate surface area is 447 Å². The van der Waals surface area contributed by atoms with Crippen LogP contribution in [-0.4, -0.2) is 136 Å². The van der Waals surface area contributed by atoms with E-state index in [1.165, 1.54) is 31.1 Å². The van der Waals surface area contributed by atoms with Gasteiger partial charge in [-0.05, 0) is 98.8 Å². The van der Waals surface area contributed by atoms with Crippen LogP contribution in [-0.2, 0) is 24.8 Å². The van der Waals surface area contributed by atoms with Gasteiger partial charge in [0.15, 0.2) is 17.2 Å². The molecule has 414 valence electrons. The van der Waals surface area contributed by atoms with Crippen LogP contribution in [0.25, 0.3) is 11.0 Å². The third-order valence-electron chi connectivity index (χ3n) is 16.5. The number of pyridine rings is 1. The number of nitrogens with one attached hydrogen (secondary N) is 3. The number of hydrogen-bond acceptors (Lipinski definition) is 16. The summed E-state index contributed by atoms with van der Waals surface area (Å²) >= 11 is 0. The summed E-state index contributed by atoms with van der Waals surface area (Å²) < 4.78 is 96.3. The van der Waals surface area contributed by atoms with Crippen molar-refractivity contribution in [1.82, 2.24) is 23.9 Å². The number of aromatic amines is 1. The molecule has 23 heteroatoms. The summed E-state index contributed by atoms with van der Waals surface area (Å²) in [6.07, 6.45) is 8.51. The van der Waals surface area contributed by atoms with Crippen LogP contribution >= 0.6 is 0 Å². The number of aliphatic hydroxyl groups is 1. The SMILES string of the molecule is COCCOc1nc2[nH]cc(F)c2cc1Oc1cc(N2CCC3(CC2)CC(N2CCN(S(C)(=O)=O)C[C@H]2c2ccccc2C(C)C)C3)ccc1C(=O)NS(=O)(=O)c1cc2c(c([N+](=O)[O-])c1)N[C@@H](C1CCC(C)(O)CC1)CO2. The first kappa shape index (κ1) is 54.3. The van der Waals surface area contributed by atoms with Gasteiger partial charge in [-0.15, -0.1) is 0 Å². The van der Waals surface area contributed by atoms with Crippen LogP contribution in [0.15, 0.2) is 71.8 Å². The minimum atomic E-state index is -4.81. The van der Waals surface area contributed by atoms with E-state index in [-0.39, 0.29) is 101 Å². The summed E-state index contributed by atoms with van der Waals surface area (Å²) in [5.74, 6) is -1.71. The number of piperazine rings is 1. The zero-order chi connectivity index (χ0) is 54.6. The summed E-state index contributed by atoms with van der Waals surface area (Å²) in [6, 6.07) is 16.4. The number of anilines is 2. The smallest absolute Gasteiger partial charge is 0.297 e. The molecule has 3 aliphatic heterocycles. The predicted octanol–water partition coefficient (Wildman–Crippen LogP) is 7.85. The lowest BCUT2D eigenvalue weighted by atomic mass is 9.59. The molecular formula is C54H67FN8O12S2. The lowest BCUT2D eigenvalue weighted by Gasteiger charge is -2.58. The van der Waals surface area contributed by atoms with Crippen molar-refractivity contribution in [2.75, 3.05) is 76.1 Å². The van der Waals surface area contributed by atoms with E-state index >= 15 is 4.39 Å². The van der Waals surface area contributed by atoms with Gasteiger partial charge in [-0.2, -0.15) is 9.29 Å². The molecule has 20 nitrogen and oxygen atoms in total. The Balaban J connectivity index is 0.901. The van der Waals surface area contributed by atoms with Crippen molar-refractivity contribution < 1.29 is 55.0 Å². The highest BCUT2D eigenvalue weighted by Crippen LogP contribution is 2.54. The molecule has 1 spiro atoms. The monoisotopic (exact) mass is 1100 g/mol. The van der Waals surface area contributed by atoms with Gasteiger partial charge in [0.1, 0.15) is 30.4 Å². The van der Waals surface area contributed by atoms with Crippen molar-refractivity contribution in [3.8, 4) is 23.1 Å². The number of benzene rings is 3. The fraction of sp³-hybridized carbons (Fsp3) is 0.519.